The first-order valence-corrected chi connectivity index (χ1v) is 9.93. The van der Waals surface area contributed by atoms with Crippen LogP contribution in [0, 0.1) is 6.92 Å². The molecular formula is C22H24N4OS. The van der Waals surface area contributed by atoms with Gasteiger partial charge in [-0.3, -0.25) is 4.98 Å². The van der Waals surface area contributed by atoms with E-state index >= 15 is 0 Å². The first-order chi connectivity index (χ1) is 13.7. The zero-order valence-corrected chi connectivity index (χ0v) is 16.6. The van der Waals surface area contributed by atoms with Crippen LogP contribution in [0.25, 0.3) is 5.69 Å². The summed E-state index contributed by atoms with van der Waals surface area (Å²) in [6.07, 6.45) is 4.56. The largest absolute Gasteiger partial charge is 0.396 e. The molecule has 0 radical (unpaired) electrons. The molecule has 0 spiro atoms. The van der Waals surface area contributed by atoms with Gasteiger partial charge in [0.2, 0.25) is 0 Å². The molecule has 3 heterocycles. The number of aryl methyl sites for hydroxylation is 1. The van der Waals surface area contributed by atoms with Crippen molar-refractivity contribution in [3.63, 3.8) is 0 Å². The average Bonchev–Trinajstić information content (AvgIpc) is 3.32. The number of thiocarbonyl (C=S) groups is 1. The molecule has 28 heavy (non-hydrogen) atoms. The number of nitrogens with one attached hydrogen (secondary N) is 1. The van der Waals surface area contributed by atoms with Crippen molar-refractivity contribution < 1.29 is 5.11 Å². The van der Waals surface area contributed by atoms with E-state index in [1.807, 2.05) is 24.4 Å². The zero-order chi connectivity index (χ0) is 19.5. The molecule has 1 saturated heterocycles. The number of benzene rings is 1. The second kappa shape index (κ2) is 8.12. The molecule has 1 aromatic carbocycles. The van der Waals surface area contributed by atoms with Gasteiger partial charge in [-0.05, 0) is 62.0 Å². The Kier molecular flexibility index (Phi) is 5.41. The van der Waals surface area contributed by atoms with Crippen LogP contribution in [-0.2, 0) is 0 Å². The van der Waals surface area contributed by atoms with E-state index in [0.717, 1.165) is 17.1 Å². The molecule has 5 nitrogen and oxygen atoms in total. The Balaban J connectivity index is 1.78. The van der Waals surface area contributed by atoms with Crippen LogP contribution in [0.2, 0.25) is 0 Å². The summed E-state index contributed by atoms with van der Waals surface area (Å²) in [4.78, 5) is 6.75. The molecule has 1 aliphatic heterocycles. The third-order valence-electron chi connectivity index (χ3n) is 5.15. The van der Waals surface area contributed by atoms with Crippen LogP contribution in [-0.4, -0.2) is 37.8 Å². The lowest BCUT2D eigenvalue weighted by Gasteiger charge is -2.28. The van der Waals surface area contributed by atoms with E-state index in [0.29, 0.717) is 18.1 Å². The lowest BCUT2D eigenvalue weighted by atomic mass is 10.0. The fourth-order valence-corrected chi connectivity index (χ4v) is 4.12. The summed E-state index contributed by atoms with van der Waals surface area (Å²) in [5.41, 5.74) is 4.45. The molecule has 4 rings (SSSR count). The molecule has 2 aromatic heterocycles. The standard InChI is InChI=1S/C22H24N4OS/c1-16-8-10-17(11-9-16)25-13-4-7-19(25)21-20(18-6-2-3-12-23-18)24-22(28)26(21)14-5-15-27/h2-4,6-13,20-21,27H,5,14-15H2,1H3,(H,24,28)/t20-,21+/m1/s1. The lowest BCUT2D eigenvalue weighted by molar-refractivity contribution is 0.245. The average molecular weight is 393 g/mol. The number of aliphatic hydroxyl groups is 1. The highest BCUT2D eigenvalue weighted by molar-refractivity contribution is 7.80. The van der Waals surface area contributed by atoms with Crippen molar-refractivity contribution in [2.75, 3.05) is 13.2 Å². The van der Waals surface area contributed by atoms with Crippen LogP contribution >= 0.6 is 12.2 Å². The molecule has 3 aromatic rings. The smallest absolute Gasteiger partial charge is 0.170 e. The Hall–Kier alpha value is -2.70. The van der Waals surface area contributed by atoms with Crippen molar-refractivity contribution in [1.29, 1.82) is 0 Å². The molecule has 144 valence electrons. The van der Waals surface area contributed by atoms with Crippen molar-refractivity contribution in [2.45, 2.75) is 25.4 Å². The minimum absolute atomic E-state index is 0.00902. The van der Waals surface area contributed by atoms with E-state index in [1.165, 1.54) is 5.56 Å². The van der Waals surface area contributed by atoms with E-state index < -0.39 is 0 Å². The van der Waals surface area contributed by atoms with Crippen molar-refractivity contribution in [2.24, 2.45) is 0 Å². The molecule has 0 saturated carbocycles. The predicted octanol–water partition coefficient (Wildman–Crippen LogP) is 3.54. The van der Waals surface area contributed by atoms with Crippen LogP contribution in [0.15, 0.2) is 67.0 Å². The number of pyridine rings is 1. The minimum atomic E-state index is -0.0495. The molecule has 2 N–H and O–H groups in total. The Morgan fingerprint density at radius 2 is 1.93 bits per heavy atom. The number of aromatic nitrogens is 2. The molecule has 2 atom stereocenters. The Morgan fingerprint density at radius 1 is 1.11 bits per heavy atom. The summed E-state index contributed by atoms with van der Waals surface area (Å²) in [7, 11) is 0. The number of hydrogen-bond acceptors (Lipinski definition) is 3. The number of hydrogen-bond donors (Lipinski definition) is 2. The number of nitrogens with zero attached hydrogens (tertiary/aromatic N) is 3. The van der Waals surface area contributed by atoms with Gasteiger partial charge in [0.1, 0.15) is 0 Å². The maximum atomic E-state index is 9.36. The fourth-order valence-electron chi connectivity index (χ4n) is 3.78. The topological polar surface area (TPSA) is 53.3 Å². The SMILES string of the molecule is Cc1ccc(-n2cccc2[C@H]2[C@@H](c3ccccn3)NC(=S)N2CCCO)cc1. The van der Waals surface area contributed by atoms with E-state index in [4.69, 9.17) is 12.2 Å². The van der Waals surface area contributed by atoms with Crippen molar-refractivity contribution in [3.8, 4) is 5.69 Å². The molecular weight excluding hydrogens is 368 g/mol. The normalized spacial score (nSPS) is 19.1. The molecule has 0 aliphatic carbocycles. The molecule has 0 bridgehead atoms. The summed E-state index contributed by atoms with van der Waals surface area (Å²) in [5.74, 6) is 0. The summed E-state index contributed by atoms with van der Waals surface area (Å²) in [5, 5.41) is 13.5. The lowest BCUT2D eigenvalue weighted by Crippen LogP contribution is -2.31. The van der Waals surface area contributed by atoms with Crippen LogP contribution in [0.1, 0.15) is 35.5 Å². The van der Waals surface area contributed by atoms with Gasteiger partial charge >= 0.3 is 0 Å². The van der Waals surface area contributed by atoms with Crippen LogP contribution < -0.4 is 5.32 Å². The fraction of sp³-hybridized carbons (Fsp3) is 0.273. The first-order valence-electron chi connectivity index (χ1n) is 9.52. The molecule has 1 fully saturated rings. The summed E-state index contributed by atoms with van der Waals surface area (Å²) in [6.45, 7) is 2.92. The monoisotopic (exact) mass is 392 g/mol. The minimum Gasteiger partial charge on any atom is -0.396 e. The molecule has 0 amide bonds. The highest BCUT2D eigenvalue weighted by Gasteiger charge is 2.40. The first kappa shape index (κ1) is 18.7. The molecule has 1 aliphatic rings. The van der Waals surface area contributed by atoms with Gasteiger partial charge in [-0.1, -0.05) is 23.8 Å². The van der Waals surface area contributed by atoms with Crippen LogP contribution in [0.4, 0.5) is 0 Å². The van der Waals surface area contributed by atoms with Gasteiger partial charge in [0, 0.05) is 36.9 Å². The van der Waals surface area contributed by atoms with E-state index in [-0.39, 0.29) is 18.7 Å². The number of rotatable bonds is 6. The second-order valence-corrected chi connectivity index (χ2v) is 7.42. The highest BCUT2D eigenvalue weighted by atomic mass is 32.1. The quantitative estimate of drug-likeness (QED) is 0.629. The van der Waals surface area contributed by atoms with Gasteiger partial charge in [0.05, 0.1) is 17.8 Å². The van der Waals surface area contributed by atoms with Crippen molar-refractivity contribution in [3.05, 3.63) is 83.9 Å². The van der Waals surface area contributed by atoms with Gasteiger partial charge in [-0.25, -0.2) is 0 Å². The zero-order valence-electron chi connectivity index (χ0n) is 15.8. The van der Waals surface area contributed by atoms with Crippen molar-refractivity contribution >= 4 is 17.3 Å². The van der Waals surface area contributed by atoms with Crippen LogP contribution in [0.3, 0.4) is 0 Å². The predicted molar refractivity (Wildman–Crippen MR) is 114 cm³/mol. The molecule has 0 unspecified atom stereocenters. The van der Waals surface area contributed by atoms with Gasteiger partial charge in [-0.15, -0.1) is 0 Å². The van der Waals surface area contributed by atoms with Gasteiger partial charge in [0.25, 0.3) is 0 Å². The summed E-state index contributed by atoms with van der Waals surface area (Å²) >= 11 is 5.66. The van der Waals surface area contributed by atoms with Gasteiger partial charge < -0.3 is 19.9 Å². The second-order valence-electron chi connectivity index (χ2n) is 7.04. The Labute approximate surface area is 170 Å². The summed E-state index contributed by atoms with van der Waals surface area (Å²) in [6, 6.07) is 18.6. The maximum Gasteiger partial charge on any atom is 0.170 e. The van der Waals surface area contributed by atoms with E-state index in [2.05, 4.69) is 69.3 Å². The van der Waals surface area contributed by atoms with E-state index in [9.17, 15) is 5.11 Å². The van der Waals surface area contributed by atoms with Gasteiger partial charge in [-0.2, -0.15) is 0 Å². The van der Waals surface area contributed by atoms with Crippen molar-refractivity contribution in [1.82, 2.24) is 19.8 Å². The molecule has 6 heteroatoms. The van der Waals surface area contributed by atoms with Crippen LogP contribution in [0.5, 0.6) is 0 Å². The summed E-state index contributed by atoms with van der Waals surface area (Å²) < 4.78 is 2.21. The Bertz CT molecular complexity index is 939. The Morgan fingerprint density at radius 3 is 2.64 bits per heavy atom. The van der Waals surface area contributed by atoms with Gasteiger partial charge in [0.15, 0.2) is 5.11 Å². The number of aliphatic hydroxyl groups excluding tert-OH is 1. The maximum absolute atomic E-state index is 9.36. The third kappa shape index (κ3) is 3.53. The van der Waals surface area contributed by atoms with E-state index in [1.54, 1.807) is 0 Å². The highest BCUT2D eigenvalue weighted by Crippen LogP contribution is 2.39. The third-order valence-corrected chi connectivity index (χ3v) is 5.50.